The molecule has 0 aliphatic carbocycles. The molecule has 1 heterocycles. The number of hydrogen-bond acceptors (Lipinski definition) is 6. The van der Waals surface area contributed by atoms with Gasteiger partial charge in [-0.2, -0.15) is 0 Å². The number of halogens is 1. The van der Waals surface area contributed by atoms with Gasteiger partial charge in [-0.15, -0.1) is 12.4 Å². The van der Waals surface area contributed by atoms with Crippen LogP contribution in [0, 0.1) is 0 Å². The molecule has 1 aliphatic heterocycles. The summed E-state index contributed by atoms with van der Waals surface area (Å²) in [5.41, 5.74) is 0. The lowest BCUT2D eigenvalue weighted by molar-refractivity contribution is -0.253. The first-order chi connectivity index (χ1) is 8.01. The van der Waals surface area contributed by atoms with E-state index in [0.717, 1.165) is 0 Å². The van der Waals surface area contributed by atoms with Gasteiger partial charge in [-0.25, -0.2) is 0 Å². The summed E-state index contributed by atoms with van der Waals surface area (Å²) in [4.78, 5) is 11.3. The first kappa shape index (κ1) is 17.6. The lowest BCUT2D eigenvalue weighted by Crippen LogP contribution is -2.64. The largest absolute Gasteiger partial charge is 0.394 e. The Kier molecular flexibility index (Phi) is 7.69. The van der Waals surface area contributed by atoms with Gasteiger partial charge in [0.25, 0.3) is 0 Å². The number of carbonyl (C=O) groups excluding carboxylic acids is 1. The molecule has 0 saturated carbocycles. The van der Waals surface area contributed by atoms with Gasteiger partial charge >= 0.3 is 0 Å². The van der Waals surface area contributed by atoms with E-state index in [9.17, 15) is 20.1 Å². The van der Waals surface area contributed by atoms with Gasteiger partial charge in [-0.05, 0) is 6.42 Å². The molecule has 1 fully saturated rings. The molecule has 0 radical (unpaired) electrons. The van der Waals surface area contributed by atoms with Crippen molar-refractivity contribution in [1.29, 1.82) is 0 Å². The van der Waals surface area contributed by atoms with Crippen LogP contribution in [-0.4, -0.2) is 63.6 Å². The van der Waals surface area contributed by atoms with E-state index in [1.165, 1.54) is 0 Å². The van der Waals surface area contributed by atoms with Crippen LogP contribution in [0.5, 0.6) is 0 Å². The van der Waals surface area contributed by atoms with Gasteiger partial charge in [0.15, 0.2) is 6.29 Å². The fraction of sp³-hybridized carbons (Fsp3) is 0.900. The number of nitrogens with one attached hydrogen (secondary N) is 1. The van der Waals surface area contributed by atoms with Crippen LogP contribution in [0.25, 0.3) is 0 Å². The Morgan fingerprint density at radius 2 is 1.89 bits per heavy atom. The zero-order valence-corrected chi connectivity index (χ0v) is 10.8. The highest BCUT2D eigenvalue weighted by Gasteiger charge is 2.44. The summed E-state index contributed by atoms with van der Waals surface area (Å²) in [6, 6.07) is -1.09. The van der Waals surface area contributed by atoms with E-state index in [4.69, 9.17) is 9.84 Å². The van der Waals surface area contributed by atoms with Crippen LogP contribution in [0.1, 0.15) is 19.8 Å². The van der Waals surface area contributed by atoms with Crippen molar-refractivity contribution in [3.05, 3.63) is 0 Å². The molecule has 0 aromatic heterocycles. The first-order valence-electron chi connectivity index (χ1n) is 5.61. The fourth-order valence-electron chi connectivity index (χ4n) is 1.74. The molecular formula is C10H20ClNO6. The van der Waals surface area contributed by atoms with E-state index in [-0.39, 0.29) is 24.7 Å². The average Bonchev–Trinajstić information content (AvgIpc) is 2.29. The maximum absolute atomic E-state index is 11.3. The topological polar surface area (TPSA) is 119 Å². The molecule has 0 aromatic carbocycles. The highest BCUT2D eigenvalue weighted by atomic mass is 35.5. The molecule has 18 heavy (non-hydrogen) atoms. The quantitative estimate of drug-likeness (QED) is 0.413. The molecule has 5 atom stereocenters. The van der Waals surface area contributed by atoms with Gasteiger partial charge in [-0.1, -0.05) is 6.92 Å². The molecule has 1 aliphatic rings. The molecule has 1 rings (SSSR count). The Bertz CT molecular complexity index is 267. The molecule has 5 N–H and O–H groups in total. The van der Waals surface area contributed by atoms with E-state index < -0.39 is 37.3 Å². The minimum absolute atomic E-state index is 0. The minimum atomic E-state index is -1.45. The van der Waals surface area contributed by atoms with Crippen LogP contribution in [0.15, 0.2) is 0 Å². The summed E-state index contributed by atoms with van der Waals surface area (Å²) in [5, 5.41) is 40.1. The molecule has 0 bridgehead atoms. The smallest absolute Gasteiger partial charge is 0.220 e. The van der Waals surface area contributed by atoms with Gasteiger partial charge in [0.05, 0.1) is 6.61 Å². The van der Waals surface area contributed by atoms with Crippen molar-refractivity contribution in [3.8, 4) is 0 Å². The minimum Gasteiger partial charge on any atom is -0.394 e. The number of carbonyl (C=O) groups is 1. The average molecular weight is 286 g/mol. The number of ether oxygens (including phenoxy) is 1. The van der Waals surface area contributed by atoms with Crippen LogP contribution < -0.4 is 5.32 Å². The van der Waals surface area contributed by atoms with Crippen LogP contribution in [0.3, 0.4) is 0 Å². The zero-order chi connectivity index (χ0) is 13.0. The molecule has 1 amide bonds. The second kappa shape index (κ2) is 7.88. The van der Waals surface area contributed by atoms with Crippen LogP contribution in [0.2, 0.25) is 0 Å². The maximum atomic E-state index is 11.3. The molecule has 8 heteroatoms. The van der Waals surface area contributed by atoms with Gasteiger partial charge in [-0.3, -0.25) is 4.79 Å². The van der Waals surface area contributed by atoms with Gasteiger partial charge in [0.2, 0.25) is 5.91 Å². The van der Waals surface area contributed by atoms with E-state index in [1.54, 1.807) is 0 Å². The van der Waals surface area contributed by atoms with Crippen molar-refractivity contribution in [1.82, 2.24) is 5.32 Å². The highest BCUT2D eigenvalue weighted by Crippen LogP contribution is 2.19. The Morgan fingerprint density at radius 3 is 2.39 bits per heavy atom. The Labute approximate surface area is 111 Å². The van der Waals surface area contributed by atoms with Gasteiger partial charge < -0.3 is 30.5 Å². The van der Waals surface area contributed by atoms with Crippen molar-refractivity contribution in [3.63, 3.8) is 0 Å². The first-order valence-corrected chi connectivity index (χ1v) is 5.61. The standard InChI is InChI=1S/C10H19NO6.ClH/c1-2-3-6(13)11-7-9(15)8(14)5(4-12)17-10(7)16;/h5,7-10,12,14-16H,2-4H2,1H3,(H,11,13);1H/t5-,7-,8-,9-,10?;/m1./s1. The second-order valence-electron chi connectivity index (χ2n) is 4.07. The third-order valence-corrected chi connectivity index (χ3v) is 2.70. The van der Waals surface area contributed by atoms with Crippen LogP contribution in [-0.2, 0) is 9.53 Å². The number of hydrogen-bond donors (Lipinski definition) is 5. The normalized spacial score (nSPS) is 35.7. The lowest BCUT2D eigenvalue weighted by Gasteiger charge is -2.40. The SMILES string of the molecule is CCCC(=O)N[C@H]1C(O)O[C@H](CO)[C@@H](O)[C@@H]1O.Cl. The summed E-state index contributed by atoms with van der Waals surface area (Å²) in [5.74, 6) is -0.339. The zero-order valence-electron chi connectivity index (χ0n) is 10.0. The fourth-order valence-corrected chi connectivity index (χ4v) is 1.74. The maximum Gasteiger partial charge on any atom is 0.220 e. The monoisotopic (exact) mass is 285 g/mol. The predicted molar refractivity (Wildman–Crippen MR) is 64.1 cm³/mol. The summed E-state index contributed by atoms with van der Waals surface area (Å²) < 4.78 is 4.89. The molecule has 0 spiro atoms. The van der Waals surface area contributed by atoms with Crippen molar-refractivity contribution in [2.75, 3.05) is 6.61 Å². The number of rotatable bonds is 4. The molecule has 108 valence electrons. The van der Waals surface area contributed by atoms with Crippen LogP contribution >= 0.6 is 12.4 Å². The van der Waals surface area contributed by atoms with Crippen molar-refractivity contribution < 1.29 is 30.0 Å². The third kappa shape index (κ3) is 4.04. The molecule has 0 aromatic rings. The predicted octanol–water partition coefficient (Wildman–Crippen LogP) is -1.88. The van der Waals surface area contributed by atoms with E-state index in [2.05, 4.69) is 5.32 Å². The summed E-state index contributed by atoms with van der Waals surface area (Å²) in [6.45, 7) is 1.30. The van der Waals surface area contributed by atoms with E-state index in [0.29, 0.717) is 6.42 Å². The molecule has 7 nitrogen and oxygen atoms in total. The summed E-state index contributed by atoms with van der Waals surface area (Å²) in [6.07, 6.45) is -4.35. The van der Waals surface area contributed by atoms with Crippen molar-refractivity contribution in [2.24, 2.45) is 0 Å². The van der Waals surface area contributed by atoms with Gasteiger partial charge in [0.1, 0.15) is 24.4 Å². The second-order valence-corrected chi connectivity index (χ2v) is 4.07. The van der Waals surface area contributed by atoms with Crippen LogP contribution in [0.4, 0.5) is 0 Å². The van der Waals surface area contributed by atoms with Crippen molar-refractivity contribution >= 4 is 18.3 Å². The molecule has 1 unspecified atom stereocenters. The number of amides is 1. The Balaban J connectivity index is 0.00000289. The number of aliphatic hydroxyl groups is 4. The lowest BCUT2D eigenvalue weighted by atomic mass is 9.97. The third-order valence-electron chi connectivity index (χ3n) is 2.70. The van der Waals surface area contributed by atoms with Crippen molar-refractivity contribution in [2.45, 2.75) is 50.4 Å². The molecule has 1 saturated heterocycles. The van der Waals surface area contributed by atoms with Gasteiger partial charge in [0, 0.05) is 6.42 Å². The highest BCUT2D eigenvalue weighted by molar-refractivity contribution is 5.85. The Morgan fingerprint density at radius 1 is 1.28 bits per heavy atom. The summed E-state index contributed by atoms with van der Waals surface area (Å²) >= 11 is 0. The van der Waals surface area contributed by atoms with E-state index in [1.807, 2.05) is 6.92 Å². The molecular weight excluding hydrogens is 266 g/mol. The van der Waals surface area contributed by atoms with E-state index >= 15 is 0 Å². The number of aliphatic hydroxyl groups excluding tert-OH is 4. The Hall–Kier alpha value is -0.440. The summed E-state index contributed by atoms with van der Waals surface area (Å²) in [7, 11) is 0.